The lowest BCUT2D eigenvalue weighted by atomic mass is 9.88. The highest BCUT2D eigenvalue weighted by molar-refractivity contribution is 9.10. The fourth-order valence-electron chi connectivity index (χ4n) is 2.71. The normalized spacial score (nSPS) is 12.7. The Kier molecular flexibility index (Phi) is 4.71. The zero-order valence-electron chi connectivity index (χ0n) is 12.8. The van der Waals surface area contributed by atoms with Crippen LogP contribution in [0.1, 0.15) is 46.5 Å². The Balaban J connectivity index is 2.60. The molecule has 1 aromatic carbocycles. The number of nitrogens with one attached hydrogen (secondary N) is 1. The smallest absolute Gasteiger partial charge is 0.169 e. The van der Waals surface area contributed by atoms with Gasteiger partial charge in [0.15, 0.2) is 4.67 Å². The molecule has 0 spiro atoms. The molecule has 0 aliphatic rings. The van der Waals surface area contributed by atoms with Crippen LogP contribution in [0, 0.1) is 27.7 Å². The Hall–Kier alpha value is -1.06. The van der Waals surface area contributed by atoms with Crippen molar-refractivity contribution in [1.82, 2.24) is 5.32 Å². The molecule has 1 heterocycles. The zero-order chi connectivity index (χ0) is 14.9. The van der Waals surface area contributed by atoms with Gasteiger partial charge in [0.25, 0.3) is 0 Å². The van der Waals surface area contributed by atoms with Gasteiger partial charge in [0.2, 0.25) is 0 Å². The van der Waals surface area contributed by atoms with E-state index in [0.29, 0.717) is 0 Å². The quantitative estimate of drug-likeness (QED) is 0.852. The summed E-state index contributed by atoms with van der Waals surface area (Å²) in [5.41, 5.74) is 6.68. The van der Waals surface area contributed by atoms with Gasteiger partial charge in [0.05, 0.1) is 6.04 Å². The second kappa shape index (κ2) is 6.15. The summed E-state index contributed by atoms with van der Waals surface area (Å²) >= 11 is 3.40. The van der Waals surface area contributed by atoms with Crippen LogP contribution in [0.25, 0.3) is 0 Å². The van der Waals surface area contributed by atoms with Crippen molar-refractivity contribution in [2.45, 2.75) is 40.7 Å². The molecule has 2 aromatic rings. The van der Waals surface area contributed by atoms with Crippen molar-refractivity contribution in [1.29, 1.82) is 0 Å². The van der Waals surface area contributed by atoms with Gasteiger partial charge in [-0.2, -0.15) is 0 Å². The molecule has 0 fully saturated rings. The average molecular weight is 336 g/mol. The molecule has 20 heavy (non-hydrogen) atoms. The molecule has 0 saturated heterocycles. The average Bonchev–Trinajstić information content (AvgIpc) is 2.82. The highest BCUT2D eigenvalue weighted by Gasteiger charge is 2.22. The van der Waals surface area contributed by atoms with Crippen LogP contribution >= 0.6 is 15.9 Å². The zero-order valence-corrected chi connectivity index (χ0v) is 14.4. The summed E-state index contributed by atoms with van der Waals surface area (Å²) in [5.74, 6) is 0.954. The predicted octanol–water partition coefficient (Wildman–Crippen LogP) is 4.97. The van der Waals surface area contributed by atoms with E-state index in [0.717, 1.165) is 17.0 Å². The van der Waals surface area contributed by atoms with Gasteiger partial charge >= 0.3 is 0 Å². The molecule has 0 bridgehead atoms. The van der Waals surface area contributed by atoms with E-state index in [9.17, 15) is 0 Å². The summed E-state index contributed by atoms with van der Waals surface area (Å²) in [4.78, 5) is 0. The third-order valence-electron chi connectivity index (χ3n) is 4.00. The minimum Gasteiger partial charge on any atom is -0.452 e. The molecule has 0 radical (unpaired) electrons. The lowest BCUT2D eigenvalue weighted by molar-refractivity contribution is 0.436. The molecule has 1 unspecified atom stereocenters. The van der Waals surface area contributed by atoms with Crippen LogP contribution in [0.5, 0.6) is 0 Å². The summed E-state index contributed by atoms with van der Waals surface area (Å²) in [7, 11) is 0. The maximum atomic E-state index is 5.80. The van der Waals surface area contributed by atoms with Crippen LogP contribution in [-0.2, 0) is 0 Å². The summed E-state index contributed by atoms with van der Waals surface area (Å²) in [6.45, 7) is 11.8. The van der Waals surface area contributed by atoms with Gasteiger partial charge < -0.3 is 9.73 Å². The van der Waals surface area contributed by atoms with Crippen LogP contribution in [0.4, 0.5) is 0 Å². The SMILES string of the molecule is CCNC(c1ccc(Br)o1)c1c(C)c(C)cc(C)c1C. The van der Waals surface area contributed by atoms with Gasteiger partial charge in [-0.1, -0.05) is 13.0 Å². The van der Waals surface area contributed by atoms with E-state index in [-0.39, 0.29) is 6.04 Å². The van der Waals surface area contributed by atoms with Crippen LogP contribution in [-0.4, -0.2) is 6.54 Å². The molecule has 1 N–H and O–H groups in total. The molecule has 1 atom stereocenters. The van der Waals surface area contributed by atoms with Crippen LogP contribution in [0.3, 0.4) is 0 Å². The van der Waals surface area contributed by atoms with Crippen molar-refractivity contribution in [2.75, 3.05) is 6.54 Å². The molecule has 0 amide bonds. The molecule has 2 nitrogen and oxygen atoms in total. The van der Waals surface area contributed by atoms with Crippen molar-refractivity contribution in [3.8, 4) is 0 Å². The first kappa shape index (κ1) is 15.3. The van der Waals surface area contributed by atoms with Crippen molar-refractivity contribution in [2.24, 2.45) is 0 Å². The topological polar surface area (TPSA) is 25.2 Å². The Morgan fingerprint density at radius 1 is 1.10 bits per heavy atom. The van der Waals surface area contributed by atoms with E-state index in [1.54, 1.807) is 0 Å². The fourth-order valence-corrected chi connectivity index (χ4v) is 3.03. The van der Waals surface area contributed by atoms with E-state index in [1.165, 1.54) is 27.8 Å². The summed E-state index contributed by atoms with van der Waals surface area (Å²) in [5, 5.41) is 3.55. The maximum absolute atomic E-state index is 5.80. The Bertz CT molecular complexity index is 589. The van der Waals surface area contributed by atoms with Gasteiger partial charge in [-0.05, 0) is 90.1 Å². The summed E-state index contributed by atoms with van der Waals surface area (Å²) < 4.78 is 6.57. The third kappa shape index (κ3) is 2.84. The van der Waals surface area contributed by atoms with Crippen molar-refractivity contribution >= 4 is 15.9 Å². The highest BCUT2D eigenvalue weighted by Crippen LogP contribution is 2.33. The Morgan fingerprint density at radius 2 is 1.70 bits per heavy atom. The maximum Gasteiger partial charge on any atom is 0.169 e. The van der Waals surface area contributed by atoms with Crippen LogP contribution < -0.4 is 5.32 Å². The Labute approximate surface area is 129 Å². The highest BCUT2D eigenvalue weighted by atomic mass is 79.9. The molecular formula is C17H22BrNO. The molecule has 108 valence electrons. The van der Waals surface area contributed by atoms with Gasteiger partial charge in [-0.25, -0.2) is 0 Å². The van der Waals surface area contributed by atoms with Crippen LogP contribution in [0.2, 0.25) is 0 Å². The molecular weight excluding hydrogens is 314 g/mol. The monoisotopic (exact) mass is 335 g/mol. The van der Waals surface area contributed by atoms with Crippen molar-refractivity contribution in [3.63, 3.8) is 0 Å². The molecule has 3 heteroatoms. The number of hydrogen-bond acceptors (Lipinski definition) is 2. The fraction of sp³-hybridized carbons (Fsp3) is 0.412. The molecule has 1 aromatic heterocycles. The van der Waals surface area contributed by atoms with Crippen molar-refractivity contribution in [3.05, 3.63) is 56.4 Å². The van der Waals surface area contributed by atoms with E-state index in [2.05, 4.69) is 61.9 Å². The molecule has 2 rings (SSSR count). The van der Waals surface area contributed by atoms with Gasteiger partial charge in [-0.15, -0.1) is 0 Å². The molecule has 0 aliphatic carbocycles. The standard InChI is InChI=1S/C17H22BrNO/c1-6-19-17(14-7-8-15(18)20-14)16-12(4)10(2)9-11(3)13(16)5/h7-9,17,19H,6H2,1-5H3. The summed E-state index contributed by atoms with van der Waals surface area (Å²) in [6.07, 6.45) is 0. The van der Waals surface area contributed by atoms with E-state index in [4.69, 9.17) is 4.42 Å². The first-order chi connectivity index (χ1) is 9.45. The number of halogens is 1. The minimum absolute atomic E-state index is 0.102. The van der Waals surface area contributed by atoms with Crippen LogP contribution in [0.15, 0.2) is 27.3 Å². The van der Waals surface area contributed by atoms with Crippen molar-refractivity contribution < 1.29 is 4.42 Å². The number of furan rings is 1. The number of aryl methyl sites for hydroxylation is 2. The van der Waals surface area contributed by atoms with E-state index in [1.807, 2.05) is 12.1 Å². The summed E-state index contributed by atoms with van der Waals surface area (Å²) in [6, 6.07) is 6.35. The van der Waals surface area contributed by atoms with Gasteiger partial charge in [-0.3, -0.25) is 0 Å². The van der Waals surface area contributed by atoms with Gasteiger partial charge in [0.1, 0.15) is 5.76 Å². The van der Waals surface area contributed by atoms with E-state index >= 15 is 0 Å². The first-order valence-electron chi connectivity index (χ1n) is 7.01. The molecule has 0 aliphatic heterocycles. The number of benzene rings is 1. The lowest BCUT2D eigenvalue weighted by Crippen LogP contribution is -2.24. The minimum atomic E-state index is 0.102. The third-order valence-corrected chi connectivity index (χ3v) is 4.43. The molecule has 0 saturated carbocycles. The predicted molar refractivity (Wildman–Crippen MR) is 87.3 cm³/mol. The Morgan fingerprint density at radius 3 is 2.15 bits per heavy atom. The van der Waals surface area contributed by atoms with E-state index < -0.39 is 0 Å². The first-order valence-corrected chi connectivity index (χ1v) is 7.80. The second-order valence-electron chi connectivity index (χ2n) is 5.31. The second-order valence-corrected chi connectivity index (χ2v) is 6.09. The van der Waals surface area contributed by atoms with Gasteiger partial charge in [0, 0.05) is 0 Å². The largest absolute Gasteiger partial charge is 0.452 e. The lowest BCUT2D eigenvalue weighted by Gasteiger charge is -2.23. The number of hydrogen-bond donors (Lipinski definition) is 1. The number of rotatable bonds is 4.